The Morgan fingerprint density at radius 3 is 2.33 bits per heavy atom. The Kier molecular flexibility index (Phi) is 5.65. The van der Waals surface area contributed by atoms with Gasteiger partial charge in [0.1, 0.15) is 11.4 Å². The monoisotopic (exact) mass is 500 g/mol. The highest BCUT2D eigenvalue weighted by molar-refractivity contribution is 6.07. The number of ether oxygens (including phenoxy) is 2. The van der Waals surface area contributed by atoms with Crippen molar-refractivity contribution in [2.75, 3.05) is 25.7 Å². The number of alkyl halides is 3. The standard InChI is InChI=1S/C25H23F3N4O4/c1-35-17-9-3-14(4-10-17)18-13-32(22(33)20-19(18)21(31-30-20)25(26,27)28)16-7-5-15(6-8-16)24(11-12-24)29-23(34)36-2/h3-10,18H,11-13H2,1-2H3,(H,29,34)(H,30,31). The fourth-order valence-corrected chi connectivity index (χ4v) is 4.70. The largest absolute Gasteiger partial charge is 0.497 e. The van der Waals surface area contributed by atoms with Crippen LogP contribution in [0.5, 0.6) is 5.75 Å². The van der Waals surface area contributed by atoms with Gasteiger partial charge in [-0.3, -0.25) is 9.89 Å². The summed E-state index contributed by atoms with van der Waals surface area (Å²) in [6.07, 6.45) is -3.72. The third-order valence-corrected chi connectivity index (χ3v) is 6.78. The summed E-state index contributed by atoms with van der Waals surface area (Å²) < 4.78 is 51.2. The molecule has 1 aromatic heterocycles. The fraction of sp³-hybridized carbons (Fsp3) is 0.320. The number of H-pyrrole nitrogens is 1. The minimum absolute atomic E-state index is 0.00826. The number of hydrogen-bond donors (Lipinski definition) is 2. The van der Waals surface area contributed by atoms with Crippen molar-refractivity contribution in [3.05, 3.63) is 76.6 Å². The number of anilines is 1. The average molecular weight is 500 g/mol. The smallest absolute Gasteiger partial charge is 0.433 e. The van der Waals surface area contributed by atoms with Gasteiger partial charge in [0.05, 0.1) is 19.8 Å². The van der Waals surface area contributed by atoms with Crippen molar-refractivity contribution in [3.63, 3.8) is 0 Å². The lowest BCUT2D eigenvalue weighted by Gasteiger charge is -2.33. The van der Waals surface area contributed by atoms with E-state index in [9.17, 15) is 22.8 Å². The van der Waals surface area contributed by atoms with Gasteiger partial charge in [-0.25, -0.2) is 4.79 Å². The third-order valence-electron chi connectivity index (χ3n) is 6.78. The molecule has 2 aliphatic rings. The lowest BCUT2D eigenvalue weighted by Crippen LogP contribution is -2.41. The number of carbonyl (C=O) groups is 2. The van der Waals surface area contributed by atoms with E-state index in [0.29, 0.717) is 17.0 Å². The van der Waals surface area contributed by atoms with E-state index in [4.69, 9.17) is 9.47 Å². The molecule has 5 rings (SSSR count). The van der Waals surface area contributed by atoms with Gasteiger partial charge in [0, 0.05) is 23.7 Å². The van der Waals surface area contributed by atoms with E-state index in [1.165, 1.54) is 19.1 Å². The lowest BCUT2D eigenvalue weighted by atomic mass is 9.85. The number of aromatic nitrogens is 2. The molecule has 1 fully saturated rings. The molecule has 1 aliphatic heterocycles. The van der Waals surface area contributed by atoms with Gasteiger partial charge in [-0.2, -0.15) is 18.3 Å². The Bertz CT molecular complexity index is 1300. The number of halogens is 3. The topological polar surface area (TPSA) is 96.5 Å². The van der Waals surface area contributed by atoms with E-state index in [2.05, 4.69) is 10.4 Å². The van der Waals surface area contributed by atoms with Gasteiger partial charge in [-0.15, -0.1) is 0 Å². The maximum atomic E-state index is 13.8. The average Bonchev–Trinajstić information content (AvgIpc) is 3.50. The maximum Gasteiger partial charge on any atom is 0.433 e. The van der Waals surface area contributed by atoms with Gasteiger partial charge in [0.25, 0.3) is 5.91 Å². The van der Waals surface area contributed by atoms with Crippen LogP contribution in [0.15, 0.2) is 48.5 Å². The van der Waals surface area contributed by atoms with Crippen LogP contribution in [0.25, 0.3) is 0 Å². The van der Waals surface area contributed by atoms with Gasteiger partial charge >= 0.3 is 12.3 Å². The van der Waals surface area contributed by atoms with Gasteiger partial charge < -0.3 is 19.7 Å². The number of carbonyl (C=O) groups excluding carboxylic acids is 2. The van der Waals surface area contributed by atoms with Crippen LogP contribution >= 0.6 is 0 Å². The highest BCUT2D eigenvalue weighted by Gasteiger charge is 2.47. The Morgan fingerprint density at radius 1 is 1.11 bits per heavy atom. The first-order valence-corrected chi connectivity index (χ1v) is 11.2. The number of nitrogens with zero attached hydrogens (tertiary/aromatic N) is 2. The molecule has 0 bridgehead atoms. The fourth-order valence-electron chi connectivity index (χ4n) is 4.70. The van der Waals surface area contributed by atoms with Gasteiger partial charge in [-0.1, -0.05) is 24.3 Å². The normalized spacial score (nSPS) is 18.4. The quantitative estimate of drug-likeness (QED) is 0.535. The second kappa shape index (κ2) is 8.58. The molecule has 1 saturated carbocycles. The molecule has 0 radical (unpaired) electrons. The van der Waals surface area contributed by atoms with Crippen LogP contribution < -0.4 is 15.0 Å². The second-order valence-electron chi connectivity index (χ2n) is 8.85. The van der Waals surface area contributed by atoms with E-state index in [1.807, 2.05) is 5.10 Å². The molecule has 2 amide bonds. The summed E-state index contributed by atoms with van der Waals surface area (Å²) in [5.41, 5.74) is 0.00357. The van der Waals surface area contributed by atoms with Crippen molar-refractivity contribution >= 4 is 17.7 Å². The molecular formula is C25H23F3N4O4. The number of methoxy groups -OCH3 is 2. The molecule has 36 heavy (non-hydrogen) atoms. The highest BCUT2D eigenvalue weighted by Crippen LogP contribution is 2.47. The Morgan fingerprint density at radius 2 is 1.78 bits per heavy atom. The summed E-state index contributed by atoms with van der Waals surface area (Å²) >= 11 is 0. The van der Waals surface area contributed by atoms with Crippen LogP contribution in [0.4, 0.5) is 23.7 Å². The van der Waals surface area contributed by atoms with Crippen LogP contribution in [0.2, 0.25) is 0 Å². The number of fused-ring (bicyclic) bond motifs is 1. The molecule has 0 saturated heterocycles. The molecule has 1 atom stereocenters. The SMILES string of the molecule is COC(=O)NC1(c2ccc(N3CC(c4ccc(OC)cc4)c4c(n[nH]c4C(F)(F)F)C3=O)cc2)CC1. The molecule has 188 valence electrons. The molecule has 0 spiro atoms. The van der Waals surface area contributed by atoms with E-state index in [0.717, 1.165) is 18.4 Å². The molecule has 2 heterocycles. The molecule has 2 aromatic carbocycles. The first-order valence-electron chi connectivity index (χ1n) is 11.2. The summed E-state index contributed by atoms with van der Waals surface area (Å²) in [4.78, 5) is 26.4. The van der Waals surface area contributed by atoms with Gasteiger partial charge in [0.2, 0.25) is 0 Å². The summed E-state index contributed by atoms with van der Waals surface area (Å²) in [5, 5.41) is 8.65. The zero-order valence-electron chi connectivity index (χ0n) is 19.5. The second-order valence-corrected chi connectivity index (χ2v) is 8.85. The Balaban J connectivity index is 1.51. The van der Waals surface area contributed by atoms with Crippen molar-refractivity contribution in [1.82, 2.24) is 15.5 Å². The van der Waals surface area contributed by atoms with Crippen LogP contribution in [-0.2, 0) is 16.5 Å². The van der Waals surface area contributed by atoms with Crippen LogP contribution in [0, 0.1) is 0 Å². The number of benzene rings is 2. The zero-order chi connectivity index (χ0) is 25.7. The molecule has 3 aromatic rings. The predicted octanol–water partition coefficient (Wildman–Crippen LogP) is 4.57. The van der Waals surface area contributed by atoms with Crippen LogP contribution in [0.1, 0.15) is 51.6 Å². The summed E-state index contributed by atoms with van der Waals surface area (Å²) in [7, 11) is 2.80. The van der Waals surface area contributed by atoms with Crippen molar-refractivity contribution < 1.29 is 32.2 Å². The highest BCUT2D eigenvalue weighted by atomic mass is 19.4. The lowest BCUT2D eigenvalue weighted by molar-refractivity contribution is -0.141. The number of hydrogen-bond acceptors (Lipinski definition) is 5. The molecule has 11 heteroatoms. The molecule has 8 nitrogen and oxygen atoms in total. The molecule has 1 aliphatic carbocycles. The number of rotatable bonds is 5. The minimum atomic E-state index is -4.69. The number of aromatic amines is 1. The van der Waals surface area contributed by atoms with E-state index >= 15 is 0 Å². The van der Waals surface area contributed by atoms with Crippen molar-refractivity contribution in [2.45, 2.75) is 30.5 Å². The summed E-state index contributed by atoms with van der Waals surface area (Å²) in [6.45, 7) is -0.00826. The van der Waals surface area contributed by atoms with Crippen molar-refractivity contribution in [2.24, 2.45) is 0 Å². The Labute approximate surface area is 204 Å². The van der Waals surface area contributed by atoms with E-state index in [-0.39, 0.29) is 17.8 Å². The van der Waals surface area contributed by atoms with Crippen LogP contribution in [0.3, 0.4) is 0 Å². The molecule has 2 N–H and O–H groups in total. The first-order chi connectivity index (χ1) is 17.2. The van der Waals surface area contributed by atoms with E-state index in [1.54, 1.807) is 48.5 Å². The zero-order valence-corrected chi connectivity index (χ0v) is 19.5. The summed E-state index contributed by atoms with van der Waals surface area (Å²) in [6, 6.07) is 13.8. The summed E-state index contributed by atoms with van der Waals surface area (Å²) in [5.74, 6) is -0.825. The van der Waals surface area contributed by atoms with Crippen LogP contribution in [-0.4, -0.2) is 43.0 Å². The minimum Gasteiger partial charge on any atom is -0.497 e. The van der Waals surface area contributed by atoms with E-state index < -0.39 is 35.3 Å². The molecule has 1 unspecified atom stereocenters. The number of amides is 2. The predicted molar refractivity (Wildman–Crippen MR) is 123 cm³/mol. The first kappa shape index (κ1) is 23.7. The Hall–Kier alpha value is -4.02. The maximum absolute atomic E-state index is 13.8. The number of nitrogens with one attached hydrogen (secondary N) is 2. The van der Waals surface area contributed by atoms with Gasteiger partial charge in [0.15, 0.2) is 5.69 Å². The number of alkyl carbamates (subject to hydrolysis) is 1. The third kappa shape index (κ3) is 4.04. The van der Waals surface area contributed by atoms with Crippen molar-refractivity contribution in [3.8, 4) is 5.75 Å². The molecular weight excluding hydrogens is 477 g/mol. The van der Waals surface area contributed by atoms with Gasteiger partial charge in [-0.05, 0) is 48.2 Å². The van der Waals surface area contributed by atoms with Crippen molar-refractivity contribution in [1.29, 1.82) is 0 Å².